The van der Waals surface area contributed by atoms with Crippen LogP contribution < -0.4 is 0 Å². The van der Waals surface area contributed by atoms with Gasteiger partial charge >= 0.3 is 5.97 Å². The minimum absolute atomic E-state index is 0.326. The van der Waals surface area contributed by atoms with Crippen molar-refractivity contribution in [1.82, 2.24) is 4.57 Å². The molecule has 5 heteroatoms. The first-order valence-corrected chi connectivity index (χ1v) is 8.69. The number of hydrogen-bond donors (Lipinski definition) is 1. The summed E-state index contributed by atoms with van der Waals surface area (Å²) in [5.41, 5.74) is 4.22. The molecule has 0 aliphatic heterocycles. The first-order valence-electron chi connectivity index (χ1n) is 7.94. The summed E-state index contributed by atoms with van der Waals surface area (Å²) in [7, 11) is 0. The van der Waals surface area contributed by atoms with E-state index < -0.39 is 5.97 Å². The smallest absolute Gasteiger partial charge is 0.337 e. The molecule has 3 nitrogen and oxygen atoms in total. The highest BCUT2D eigenvalue weighted by Crippen LogP contribution is 2.39. The van der Waals surface area contributed by atoms with Crippen molar-refractivity contribution in [3.05, 3.63) is 75.4 Å². The van der Waals surface area contributed by atoms with Crippen molar-refractivity contribution in [2.75, 3.05) is 0 Å². The standard InChI is InChI=1S/C20H17Cl2NO2/c1-3-15-18(20(24)25)12(2)23(14-7-5-4-6-8-14)19(15)16-10-9-13(21)11-17(16)22/h4-11H,3H2,1-2H3,(H,24,25). The summed E-state index contributed by atoms with van der Waals surface area (Å²) >= 11 is 12.5. The van der Waals surface area contributed by atoms with Crippen LogP contribution in [-0.2, 0) is 6.42 Å². The number of carbonyl (C=O) groups is 1. The number of carboxylic acid groups (broad SMARTS) is 1. The lowest BCUT2D eigenvalue weighted by molar-refractivity contribution is 0.0695. The molecule has 0 amide bonds. The lowest BCUT2D eigenvalue weighted by Gasteiger charge is -2.14. The molecule has 0 bridgehead atoms. The average molecular weight is 374 g/mol. The lowest BCUT2D eigenvalue weighted by atomic mass is 10.0. The molecule has 1 heterocycles. The number of aromatic carboxylic acids is 1. The van der Waals surface area contributed by atoms with Crippen molar-refractivity contribution in [3.8, 4) is 16.9 Å². The summed E-state index contributed by atoms with van der Waals surface area (Å²) in [6.45, 7) is 3.77. The van der Waals surface area contributed by atoms with Crippen molar-refractivity contribution in [2.24, 2.45) is 0 Å². The van der Waals surface area contributed by atoms with E-state index in [4.69, 9.17) is 23.2 Å². The normalized spacial score (nSPS) is 10.9. The summed E-state index contributed by atoms with van der Waals surface area (Å²) in [6.07, 6.45) is 0.580. The molecule has 0 unspecified atom stereocenters. The molecule has 0 saturated heterocycles. The van der Waals surface area contributed by atoms with Crippen LogP contribution in [0.5, 0.6) is 0 Å². The van der Waals surface area contributed by atoms with E-state index in [1.807, 2.05) is 54.8 Å². The summed E-state index contributed by atoms with van der Waals surface area (Å²) in [5.74, 6) is -0.935. The number of benzene rings is 2. The molecule has 3 rings (SSSR count). The number of para-hydroxylation sites is 1. The number of aromatic nitrogens is 1. The van der Waals surface area contributed by atoms with Crippen LogP contribution in [0.1, 0.15) is 28.5 Å². The zero-order valence-corrected chi connectivity index (χ0v) is 15.4. The van der Waals surface area contributed by atoms with Crippen LogP contribution in [0, 0.1) is 6.92 Å². The third kappa shape index (κ3) is 3.06. The molecular formula is C20H17Cl2NO2. The van der Waals surface area contributed by atoms with Gasteiger partial charge < -0.3 is 9.67 Å². The lowest BCUT2D eigenvalue weighted by Crippen LogP contribution is -2.02. The van der Waals surface area contributed by atoms with Crippen LogP contribution in [0.15, 0.2) is 48.5 Å². The fourth-order valence-corrected chi connectivity index (χ4v) is 3.74. The maximum absolute atomic E-state index is 11.9. The van der Waals surface area contributed by atoms with Gasteiger partial charge in [0.25, 0.3) is 0 Å². The first-order chi connectivity index (χ1) is 12.0. The highest BCUT2D eigenvalue weighted by atomic mass is 35.5. The van der Waals surface area contributed by atoms with Gasteiger partial charge in [-0.2, -0.15) is 0 Å². The van der Waals surface area contributed by atoms with Crippen LogP contribution in [0.25, 0.3) is 16.9 Å². The second-order valence-electron chi connectivity index (χ2n) is 5.74. The molecule has 0 aliphatic carbocycles. The Balaban J connectivity index is 2.43. The van der Waals surface area contributed by atoms with Crippen molar-refractivity contribution in [1.29, 1.82) is 0 Å². The highest BCUT2D eigenvalue weighted by molar-refractivity contribution is 6.36. The molecule has 2 aromatic carbocycles. The van der Waals surface area contributed by atoms with Gasteiger partial charge in [-0.25, -0.2) is 4.79 Å². The van der Waals surface area contributed by atoms with Gasteiger partial charge in [-0.1, -0.05) is 48.3 Å². The van der Waals surface area contributed by atoms with Crippen LogP contribution in [0.2, 0.25) is 10.0 Å². The molecule has 0 atom stereocenters. The van der Waals surface area contributed by atoms with E-state index in [1.54, 1.807) is 12.1 Å². The number of rotatable bonds is 4. The molecule has 128 valence electrons. The number of hydrogen-bond acceptors (Lipinski definition) is 1. The van der Waals surface area contributed by atoms with Gasteiger partial charge in [0.1, 0.15) is 0 Å². The van der Waals surface area contributed by atoms with Crippen LogP contribution in [0.3, 0.4) is 0 Å². The average Bonchev–Trinajstić information content (AvgIpc) is 2.88. The van der Waals surface area contributed by atoms with Crippen LogP contribution in [0.4, 0.5) is 0 Å². The minimum atomic E-state index is -0.935. The fourth-order valence-electron chi connectivity index (χ4n) is 3.24. The van der Waals surface area contributed by atoms with E-state index in [1.165, 1.54) is 0 Å². The second-order valence-corrected chi connectivity index (χ2v) is 6.59. The van der Waals surface area contributed by atoms with Crippen LogP contribution in [-0.4, -0.2) is 15.6 Å². The molecule has 0 radical (unpaired) electrons. The predicted molar refractivity (Wildman–Crippen MR) is 102 cm³/mol. The monoisotopic (exact) mass is 373 g/mol. The van der Waals surface area contributed by atoms with Crippen molar-refractivity contribution < 1.29 is 9.90 Å². The first kappa shape index (κ1) is 17.6. The number of halogens is 2. The quantitative estimate of drug-likeness (QED) is 0.607. The third-order valence-electron chi connectivity index (χ3n) is 4.28. The summed E-state index contributed by atoms with van der Waals surface area (Å²) < 4.78 is 1.96. The Hall–Kier alpha value is -2.23. The zero-order valence-electron chi connectivity index (χ0n) is 13.9. The van der Waals surface area contributed by atoms with Crippen molar-refractivity contribution in [2.45, 2.75) is 20.3 Å². The Labute approximate surface area is 156 Å². The van der Waals surface area contributed by atoms with Gasteiger partial charge in [0.05, 0.1) is 16.3 Å². The Morgan fingerprint density at radius 2 is 1.80 bits per heavy atom. The van der Waals surface area contributed by atoms with Gasteiger partial charge in [-0.05, 0) is 49.2 Å². The Morgan fingerprint density at radius 1 is 1.12 bits per heavy atom. The summed E-state index contributed by atoms with van der Waals surface area (Å²) in [5, 5.41) is 10.8. The van der Waals surface area contributed by atoms with Gasteiger partial charge in [0.15, 0.2) is 0 Å². The molecule has 0 spiro atoms. The molecule has 0 aliphatic rings. The maximum Gasteiger partial charge on any atom is 0.337 e. The van der Waals surface area contributed by atoms with Gasteiger partial charge in [-0.15, -0.1) is 0 Å². The number of nitrogens with zero attached hydrogens (tertiary/aromatic N) is 1. The summed E-state index contributed by atoms with van der Waals surface area (Å²) in [6, 6.07) is 15.0. The predicted octanol–water partition coefficient (Wildman–Crippen LogP) is 6.02. The molecule has 0 fully saturated rings. The SMILES string of the molecule is CCc1c(C(=O)O)c(C)n(-c2ccccc2)c1-c1ccc(Cl)cc1Cl. The van der Waals surface area contributed by atoms with E-state index in [0.29, 0.717) is 27.7 Å². The van der Waals surface area contributed by atoms with E-state index in [2.05, 4.69) is 0 Å². The topological polar surface area (TPSA) is 42.2 Å². The van der Waals surface area contributed by atoms with E-state index in [-0.39, 0.29) is 0 Å². The van der Waals surface area contributed by atoms with Gasteiger partial charge in [-0.3, -0.25) is 0 Å². The molecular weight excluding hydrogens is 357 g/mol. The zero-order chi connectivity index (χ0) is 18.1. The molecule has 3 aromatic rings. The molecule has 0 saturated carbocycles. The van der Waals surface area contributed by atoms with E-state index in [0.717, 1.165) is 22.5 Å². The molecule has 1 N–H and O–H groups in total. The van der Waals surface area contributed by atoms with E-state index in [9.17, 15) is 9.90 Å². The van der Waals surface area contributed by atoms with Crippen molar-refractivity contribution in [3.63, 3.8) is 0 Å². The van der Waals surface area contributed by atoms with Crippen LogP contribution >= 0.6 is 23.2 Å². The number of carboxylic acids is 1. The van der Waals surface area contributed by atoms with Gasteiger partial charge in [0, 0.05) is 22.0 Å². The highest BCUT2D eigenvalue weighted by Gasteiger charge is 2.26. The minimum Gasteiger partial charge on any atom is -0.478 e. The summed E-state index contributed by atoms with van der Waals surface area (Å²) in [4.78, 5) is 11.9. The third-order valence-corrected chi connectivity index (χ3v) is 4.82. The largest absolute Gasteiger partial charge is 0.478 e. The van der Waals surface area contributed by atoms with Gasteiger partial charge in [0.2, 0.25) is 0 Å². The Bertz CT molecular complexity index is 946. The fraction of sp³-hybridized carbons (Fsp3) is 0.150. The maximum atomic E-state index is 11.9. The van der Waals surface area contributed by atoms with Crippen molar-refractivity contribution >= 4 is 29.2 Å². The second kappa shape index (κ2) is 6.95. The molecule has 1 aromatic heterocycles. The Morgan fingerprint density at radius 3 is 2.36 bits per heavy atom. The Kier molecular flexibility index (Phi) is 4.89. The van der Waals surface area contributed by atoms with E-state index >= 15 is 0 Å². The molecule has 25 heavy (non-hydrogen) atoms.